The van der Waals surface area contributed by atoms with E-state index in [1.807, 2.05) is 0 Å². The molecule has 0 aromatic heterocycles. The van der Waals surface area contributed by atoms with Gasteiger partial charge in [0.1, 0.15) is 11.3 Å². The molecule has 0 fully saturated rings. The molecule has 0 atom stereocenters. The summed E-state index contributed by atoms with van der Waals surface area (Å²) in [5.41, 5.74) is -0.484. The topological polar surface area (TPSA) is 89.7 Å². The fraction of sp³-hybridized carbons (Fsp3) is 0.222. The second kappa shape index (κ2) is 4.93. The highest BCUT2D eigenvalue weighted by Crippen LogP contribution is 2.29. The van der Waals surface area contributed by atoms with E-state index in [4.69, 9.17) is 9.84 Å². The highest BCUT2D eigenvalue weighted by molar-refractivity contribution is 9.08. The standard InChI is InChI=1S/C9H8BrNO5/c1-16-6-2-5(4-10)8(9(12)13)7(3-6)11(14)15/h2-3H,4H2,1H3,(H,12,13). The highest BCUT2D eigenvalue weighted by atomic mass is 79.9. The molecule has 0 saturated heterocycles. The van der Waals surface area contributed by atoms with Crippen molar-refractivity contribution in [1.82, 2.24) is 0 Å². The van der Waals surface area contributed by atoms with Gasteiger partial charge in [0.2, 0.25) is 0 Å². The third-order valence-electron chi connectivity index (χ3n) is 1.96. The van der Waals surface area contributed by atoms with Crippen molar-refractivity contribution < 1.29 is 19.6 Å². The summed E-state index contributed by atoms with van der Waals surface area (Å²) in [5, 5.41) is 19.9. The van der Waals surface area contributed by atoms with Crippen molar-refractivity contribution in [2.75, 3.05) is 7.11 Å². The Kier molecular flexibility index (Phi) is 3.83. The quantitative estimate of drug-likeness (QED) is 0.521. The Hall–Kier alpha value is -1.63. The number of benzene rings is 1. The Balaban J connectivity index is 3.53. The molecule has 1 aromatic carbocycles. The molecule has 6 nitrogen and oxygen atoms in total. The van der Waals surface area contributed by atoms with Gasteiger partial charge in [-0.3, -0.25) is 10.1 Å². The molecular weight excluding hydrogens is 282 g/mol. The van der Waals surface area contributed by atoms with Gasteiger partial charge in [0.15, 0.2) is 0 Å². The minimum Gasteiger partial charge on any atom is -0.496 e. The number of aromatic carboxylic acids is 1. The maximum atomic E-state index is 10.9. The molecule has 0 unspecified atom stereocenters. The second-order valence-corrected chi connectivity index (χ2v) is 3.44. The maximum Gasteiger partial charge on any atom is 0.343 e. The van der Waals surface area contributed by atoms with Crippen LogP contribution < -0.4 is 4.74 Å². The molecular formula is C9H8BrNO5. The number of methoxy groups -OCH3 is 1. The molecule has 0 aliphatic rings. The predicted octanol–water partition coefficient (Wildman–Crippen LogP) is 2.20. The van der Waals surface area contributed by atoms with Crippen molar-refractivity contribution in [3.05, 3.63) is 33.4 Å². The molecule has 0 heterocycles. The third-order valence-corrected chi connectivity index (χ3v) is 2.57. The van der Waals surface area contributed by atoms with Gasteiger partial charge in [0, 0.05) is 5.33 Å². The van der Waals surface area contributed by atoms with Crippen LogP contribution in [0.15, 0.2) is 12.1 Å². The van der Waals surface area contributed by atoms with Crippen LogP contribution in [0.1, 0.15) is 15.9 Å². The molecule has 0 aliphatic carbocycles. The van der Waals surface area contributed by atoms with Gasteiger partial charge in [0.25, 0.3) is 5.69 Å². The van der Waals surface area contributed by atoms with E-state index in [0.29, 0.717) is 5.56 Å². The zero-order valence-electron chi connectivity index (χ0n) is 8.27. The molecule has 0 aliphatic heterocycles. The molecule has 7 heteroatoms. The first-order chi connectivity index (χ1) is 7.51. The molecule has 86 valence electrons. The summed E-state index contributed by atoms with van der Waals surface area (Å²) >= 11 is 3.08. The predicted molar refractivity (Wildman–Crippen MR) is 59.2 cm³/mol. The number of carbonyl (C=O) groups is 1. The van der Waals surface area contributed by atoms with Crippen molar-refractivity contribution in [3.63, 3.8) is 0 Å². The van der Waals surface area contributed by atoms with E-state index in [-0.39, 0.29) is 16.6 Å². The fourth-order valence-electron chi connectivity index (χ4n) is 1.27. The van der Waals surface area contributed by atoms with Crippen molar-refractivity contribution >= 4 is 27.6 Å². The Morgan fingerprint density at radius 1 is 1.62 bits per heavy atom. The van der Waals surface area contributed by atoms with Gasteiger partial charge in [-0.15, -0.1) is 0 Å². The Morgan fingerprint density at radius 3 is 2.62 bits per heavy atom. The fourth-order valence-corrected chi connectivity index (χ4v) is 1.71. The van der Waals surface area contributed by atoms with Gasteiger partial charge in [-0.25, -0.2) is 4.79 Å². The number of alkyl halides is 1. The summed E-state index contributed by atoms with van der Waals surface area (Å²) in [5.74, 6) is -1.07. The van der Waals surface area contributed by atoms with E-state index < -0.39 is 16.6 Å². The van der Waals surface area contributed by atoms with Crippen LogP contribution in [-0.2, 0) is 5.33 Å². The van der Waals surface area contributed by atoms with E-state index >= 15 is 0 Å². The minimum absolute atomic E-state index is 0.201. The monoisotopic (exact) mass is 289 g/mol. The lowest BCUT2D eigenvalue weighted by molar-refractivity contribution is -0.385. The molecule has 16 heavy (non-hydrogen) atoms. The van der Waals surface area contributed by atoms with E-state index in [9.17, 15) is 14.9 Å². The number of carboxylic acids is 1. The second-order valence-electron chi connectivity index (χ2n) is 2.88. The number of halogens is 1. The normalized spacial score (nSPS) is 9.88. The molecule has 1 rings (SSSR count). The van der Waals surface area contributed by atoms with Crippen LogP contribution >= 0.6 is 15.9 Å². The van der Waals surface area contributed by atoms with E-state index in [1.54, 1.807) is 0 Å². The minimum atomic E-state index is -1.33. The van der Waals surface area contributed by atoms with Crippen LogP contribution in [0.3, 0.4) is 0 Å². The Labute approximate surface area is 99.1 Å². The number of nitro benzene ring substituents is 1. The number of nitro groups is 1. The first-order valence-electron chi connectivity index (χ1n) is 4.15. The van der Waals surface area contributed by atoms with Crippen LogP contribution in [0.25, 0.3) is 0 Å². The van der Waals surface area contributed by atoms with Gasteiger partial charge in [-0.2, -0.15) is 0 Å². The van der Waals surface area contributed by atoms with Crippen LogP contribution in [0, 0.1) is 10.1 Å². The number of carboxylic acid groups (broad SMARTS) is 1. The van der Waals surface area contributed by atoms with Crippen LogP contribution in [0.4, 0.5) is 5.69 Å². The molecule has 0 bridgehead atoms. The SMILES string of the molecule is COc1cc(CBr)c(C(=O)O)c([N+](=O)[O-])c1. The zero-order valence-corrected chi connectivity index (χ0v) is 9.85. The van der Waals surface area contributed by atoms with Crippen molar-refractivity contribution in [3.8, 4) is 5.75 Å². The average molecular weight is 290 g/mol. The summed E-state index contributed by atoms with van der Waals surface area (Å²) in [6.45, 7) is 0. The number of rotatable bonds is 4. The smallest absolute Gasteiger partial charge is 0.343 e. The molecule has 0 radical (unpaired) electrons. The lowest BCUT2D eigenvalue weighted by Gasteiger charge is -2.07. The molecule has 0 spiro atoms. The summed E-state index contributed by atoms with van der Waals surface area (Å²) in [4.78, 5) is 20.9. The largest absolute Gasteiger partial charge is 0.496 e. The first-order valence-corrected chi connectivity index (χ1v) is 5.28. The van der Waals surface area contributed by atoms with Crippen molar-refractivity contribution in [2.24, 2.45) is 0 Å². The molecule has 0 amide bonds. The van der Waals surface area contributed by atoms with E-state index in [1.165, 1.54) is 13.2 Å². The lowest BCUT2D eigenvalue weighted by Crippen LogP contribution is -2.07. The van der Waals surface area contributed by atoms with Gasteiger partial charge in [-0.1, -0.05) is 15.9 Å². The van der Waals surface area contributed by atoms with Crippen molar-refractivity contribution in [2.45, 2.75) is 5.33 Å². The number of ether oxygens (including phenoxy) is 1. The maximum absolute atomic E-state index is 10.9. The molecule has 1 aromatic rings. The molecule has 0 saturated carbocycles. The van der Waals surface area contributed by atoms with Crippen molar-refractivity contribution in [1.29, 1.82) is 0 Å². The summed E-state index contributed by atoms with van der Waals surface area (Å²) in [6.07, 6.45) is 0. The van der Waals surface area contributed by atoms with Gasteiger partial charge in [0.05, 0.1) is 18.1 Å². The summed E-state index contributed by atoms with van der Waals surface area (Å²) in [7, 11) is 1.36. The van der Waals surface area contributed by atoms with Gasteiger partial charge < -0.3 is 9.84 Å². The van der Waals surface area contributed by atoms with Gasteiger partial charge >= 0.3 is 5.97 Å². The number of hydrogen-bond donors (Lipinski definition) is 1. The number of hydrogen-bond acceptors (Lipinski definition) is 4. The molecule has 1 N–H and O–H groups in total. The van der Waals surface area contributed by atoms with Crippen LogP contribution in [-0.4, -0.2) is 23.1 Å². The lowest BCUT2D eigenvalue weighted by atomic mass is 10.1. The number of nitrogens with zero attached hydrogens (tertiary/aromatic N) is 1. The summed E-state index contributed by atoms with van der Waals surface area (Å²) in [6, 6.07) is 2.54. The zero-order chi connectivity index (χ0) is 12.3. The van der Waals surface area contributed by atoms with Crippen LogP contribution in [0.5, 0.6) is 5.75 Å². The van der Waals surface area contributed by atoms with Crippen LogP contribution in [0.2, 0.25) is 0 Å². The Bertz CT molecular complexity index is 446. The first kappa shape index (κ1) is 12.4. The van der Waals surface area contributed by atoms with E-state index in [0.717, 1.165) is 6.07 Å². The Morgan fingerprint density at radius 2 is 2.25 bits per heavy atom. The summed E-state index contributed by atoms with van der Waals surface area (Å²) < 4.78 is 4.86. The van der Waals surface area contributed by atoms with Gasteiger partial charge in [-0.05, 0) is 11.6 Å². The third kappa shape index (κ3) is 2.30. The average Bonchev–Trinajstić information content (AvgIpc) is 2.26. The van der Waals surface area contributed by atoms with E-state index in [2.05, 4.69) is 15.9 Å². The highest BCUT2D eigenvalue weighted by Gasteiger charge is 2.24.